The van der Waals surface area contributed by atoms with Gasteiger partial charge in [-0.25, -0.2) is 0 Å². The van der Waals surface area contributed by atoms with Crippen molar-refractivity contribution in [2.75, 3.05) is 66.5 Å². The van der Waals surface area contributed by atoms with E-state index in [0.717, 1.165) is 0 Å². The average molecular weight is 361 g/mol. The molecule has 11 nitrogen and oxygen atoms in total. The zero-order valence-corrected chi connectivity index (χ0v) is 14.6. The molecule has 0 unspecified atom stereocenters. The van der Waals surface area contributed by atoms with Gasteiger partial charge in [0.1, 0.15) is 0 Å². The van der Waals surface area contributed by atoms with E-state index >= 15 is 0 Å². The second kappa shape index (κ2) is 13.1. The van der Waals surface area contributed by atoms with Crippen LogP contribution in [0.15, 0.2) is 0 Å². The molecular weight excluding hydrogens is 334 g/mol. The predicted molar refractivity (Wildman–Crippen MR) is 89.2 cm³/mol. The van der Waals surface area contributed by atoms with E-state index in [2.05, 4.69) is 16.0 Å². The van der Waals surface area contributed by atoms with E-state index in [1.165, 1.54) is 23.9 Å². The Balaban J connectivity index is 4.22. The summed E-state index contributed by atoms with van der Waals surface area (Å²) in [6.45, 7) is 0.977. The molecule has 11 heteroatoms. The molecule has 0 aliphatic carbocycles. The van der Waals surface area contributed by atoms with Crippen LogP contribution >= 0.6 is 0 Å². The summed E-state index contributed by atoms with van der Waals surface area (Å²) in [5.74, 6) is -2.61. The van der Waals surface area contributed by atoms with Gasteiger partial charge < -0.3 is 26.2 Å². The Hall–Kier alpha value is -2.24. The highest BCUT2D eigenvalue weighted by Crippen LogP contribution is 1.89. The van der Waals surface area contributed by atoms with Gasteiger partial charge in [0.05, 0.1) is 26.2 Å². The van der Waals surface area contributed by atoms with Crippen molar-refractivity contribution in [3.8, 4) is 0 Å². The van der Waals surface area contributed by atoms with Gasteiger partial charge in [0.15, 0.2) is 0 Å². The lowest BCUT2D eigenvalue weighted by molar-refractivity contribution is -0.140. The van der Waals surface area contributed by atoms with Gasteiger partial charge in [-0.1, -0.05) is 0 Å². The number of likely N-dealkylation sites (N-methyl/N-ethyl adjacent to an activating group) is 2. The lowest BCUT2D eigenvalue weighted by atomic mass is 10.4. The van der Waals surface area contributed by atoms with Crippen LogP contribution in [0.2, 0.25) is 0 Å². The highest BCUT2D eigenvalue weighted by Gasteiger charge is 2.14. The Morgan fingerprint density at radius 3 is 1.36 bits per heavy atom. The molecule has 5 N–H and O–H groups in total. The van der Waals surface area contributed by atoms with Gasteiger partial charge in [-0.05, 0) is 0 Å². The number of hydrogen-bond donors (Lipinski definition) is 5. The van der Waals surface area contributed by atoms with Gasteiger partial charge in [0, 0.05) is 40.3 Å². The summed E-state index contributed by atoms with van der Waals surface area (Å²) in [5, 5.41) is 25.6. The molecule has 0 spiro atoms. The van der Waals surface area contributed by atoms with Crippen LogP contribution in [0.5, 0.6) is 0 Å². The average Bonchev–Trinajstić information content (AvgIpc) is 2.52. The Bertz CT molecular complexity index is 419. The van der Waals surface area contributed by atoms with Crippen molar-refractivity contribution in [3.63, 3.8) is 0 Å². The normalized spacial score (nSPS) is 10.7. The number of amides is 2. The van der Waals surface area contributed by atoms with E-state index in [0.29, 0.717) is 26.2 Å². The lowest BCUT2D eigenvalue weighted by Gasteiger charge is -2.21. The third-order valence-electron chi connectivity index (χ3n) is 3.22. The summed E-state index contributed by atoms with van der Waals surface area (Å²) in [5.41, 5.74) is 0. The molecule has 25 heavy (non-hydrogen) atoms. The van der Waals surface area contributed by atoms with Gasteiger partial charge >= 0.3 is 11.9 Å². The van der Waals surface area contributed by atoms with Crippen molar-refractivity contribution in [3.05, 3.63) is 0 Å². The highest BCUT2D eigenvalue weighted by atomic mass is 16.4. The summed E-state index contributed by atoms with van der Waals surface area (Å²) in [6, 6.07) is 0. The zero-order valence-electron chi connectivity index (χ0n) is 14.6. The molecule has 0 saturated heterocycles. The van der Waals surface area contributed by atoms with E-state index in [9.17, 15) is 19.2 Å². The van der Waals surface area contributed by atoms with Crippen LogP contribution in [0, 0.1) is 0 Å². The van der Waals surface area contributed by atoms with Crippen molar-refractivity contribution >= 4 is 23.8 Å². The van der Waals surface area contributed by atoms with Gasteiger partial charge in [-0.15, -0.1) is 0 Å². The van der Waals surface area contributed by atoms with Crippen LogP contribution < -0.4 is 16.0 Å². The minimum Gasteiger partial charge on any atom is -0.480 e. The summed E-state index contributed by atoms with van der Waals surface area (Å²) >= 11 is 0. The van der Waals surface area contributed by atoms with Crippen molar-refractivity contribution in [2.45, 2.75) is 0 Å². The fraction of sp³-hybridized carbons (Fsp3) is 0.714. The van der Waals surface area contributed by atoms with Crippen molar-refractivity contribution in [1.82, 2.24) is 25.8 Å². The lowest BCUT2D eigenvalue weighted by Crippen LogP contribution is -2.44. The fourth-order valence-corrected chi connectivity index (χ4v) is 1.97. The first-order chi connectivity index (χ1) is 11.8. The topological polar surface area (TPSA) is 151 Å². The molecule has 2 amide bonds. The number of aliphatic carboxylic acids is 2. The Morgan fingerprint density at radius 1 is 0.720 bits per heavy atom. The molecule has 144 valence electrons. The molecule has 0 aromatic carbocycles. The standard InChI is InChI=1S/C14H27N5O6/c1-15-11(20)7-18(9-13(22)23)5-3-17-4-6-19(10-14(24)25)8-12(21)16-2/h17H,3-10H2,1-2H3,(H,15,20)(H,16,21)(H,22,23)(H,24,25). The van der Waals surface area contributed by atoms with Crippen LogP contribution in [-0.2, 0) is 19.2 Å². The number of rotatable bonds is 14. The van der Waals surface area contributed by atoms with Gasteiger partial charge in [0.25, 0.3) is 0 Å². The molecule has 0 atom stereocenters. The molecular formula is C14H27N5O6. The number of carbonyl (C=O) groups excluding carboxylic acids is 2. The maximum atomic E-state index is 11.3. The van der Waals surface area contributed by atoms with Crippen LogP contribution in [0.1, 0.15) is 0 Å². The van der Waals surface area contributed by atoms with Crippen LogP contribution in [-0.4, -0.2) is 110 Å². The summed E-state index contributed by atoms with van der Waals surface area (Å²) in [4.78, 5) is 47.3. The molecule has 0 aromatic heterocycles. The Labute approximate surface area is 146 Å². The molecule has 0 rings (SSSR count). The Morgan fingerprint density at radius 2 is 1.08 bits per heavy atom. The van der Waals surface area contributed by atoms with Gasteiger partial charge in [-0.2, -0.15) is 0 Å². The number of carboxylic acid groups (broad SMARTS) is 2. The minimum atomic E-state index is -1.03. The maximum absolute atomic E-state index is 11.3. The second-order valence-corrected chi connectivity index (χ2v) is 5.31. The molecule has 0 aliphatic heterocycles. The largest absolute Gasteiger partial charge is 0.480 e. The van der Waals surface area contributed by atoms with Crippen LogP contribution in [0.3, 0.4) is 0 Å². The number of carbonyl (C=O) groups is 4. The van der Waals surface area contributed by atoms with Crippen LogP contribution in [0.4, 0.5) is 0 Å². The molecule has 0 radical (unpaired) electrons. The molecule has 0 saturated carbocycles. The molecule has 0 fully saturated rings. The third kappa shape index (κ3) is 12.8. The number of nitrogens with one attached hydrogen (secondary N) is 3. The zero-order chi connectivity index (χ0) is 19.2. The molecule has 0 bridgehead atoms. The van der Waals surface area contributed by atoms with Gasteiger partial charge in [-0.3, -0.25) is 29.0 Å². The Kier molecular flexibility index (Phi) is 11.9. The van der Waals surface area contributed by atoms with E-state index in [-0.39, 0.29) is 38.0 Å². The first-order valence-electron chi connectivity index (χ1n) is 7.78. The summed E-state index contributed by atoms with van der Waals surface area (Å²) < 4.78 is 0. The van der Waals surface area contributed by atoms with Gasteiger partial charge in [0.2, 0.25) is 11.8 Å². The quantitative estimate of drug-likeness (QED) is 0.202. The van der Waals surface area contributed by atoms with Crippen molar-refractivity contribution in [1.29, 1.82) is 0 Å². The van der Waals surface area contributed by atoms with E-state index in [1.54, 1.807) is 0 Å². The summed E-state index contributed by atoms with van der Waals surface area (Å²) in [6.07, 6.45) is 0. The SMILES string of the molecule is CNC(=O)CN(CCNCCN(CC(=O)O)CC(=O)NC)CC(=O)O. The molecule has 0 heterocycles. The minimum absolute atomic E-state index is 0.0215. The molecule has 0 aromatic rings. The predicted octanol–water partition coefficient (Wildman–Crippen LogP) is -3.16. The second-order valence-electron chi connectivity index (χ2n) is 5.31. The first-order valence-corrected chi connectivity index (χ1v) is 7.78. The van der Waals surface area contributed by atoms with Crippen LogP contribution in [0.25, 0.3) is 0 Å². The van der Waals surface area contributed by atoms with E-state index < -0.39 is 11.9 Å². The van der Waals surface area contributed by atoms with E-state index in [1.807, 2.05) is 0 Å². The maximum Gasteiger partial charge on any atom is 0.317 e. The monoisotopic (exact) mass is 361 g/mol. The summed E-state index contributed by atoms with van der Waals surface area (Å²) in [7, 11) is 2.95. The first kappa shape index (κ1) is 22.8. The van der Waals surface area contributed by atoms with E-state index in [4.69, 9.17) is 10.2 Å². The third-order valence-corrected chi connectivity index (χ3v) is 3.22. The number of hydrogen-bond acceptors (Lipinski definition) is 7. The number of nitrogens with zero attached hydrogens (tertiary/aromatic N) is 2. The highest BCUT2D eigenvalue weighted by molar-refractivity contribution is 5.79. The van der Waals surface area contributed by atoms with Crippen molar-refractivity contribution in [2.24, 2.45) is 0 Å². The van der Waals surface area contributed by atoms with Crippen molar-refractivity contribution < 1.29 is 29.4 Å². The smallest absolute Gasteiger partial charge is 0.317 e. The molecule has 0 aliphatic rings. The fourth-order valence-electron chi connectivity index (χ4n) is 1.97. The number of carboxylic acids is 2.